The number of nitrogens with two attached hydrogens (primary N) is 1. The average Bonchev–Trinajstić information content (AvgIpc) is 2.19. The Morgan fingerprint density at radius 1 is 1.40 bits per heavy atom. The molecule has 2 N–H and O–H groups in total. The quantitative estimate of drug-likeness (QED) is 0.731. The van der Waals surface area contributed by atoms with Gasteiger partial charge in [0.05, 0.1) is 0 Å². The van der Waals surface area contributed by atoms with Gasteiger partial charge in [-0.25, -0.2) is 9.97 Å². The van der Waals surface area contributed by atoms with Gasteiger partial charge in [0.25, 0.3) is 0 Å². The molecule has 1 atom stereocenters. The molecular weight excluding hydrogens is 194 g/mol. The van der Waals surface area contributed by atoms with Crippen molar-refractivity contribution in [2.45, 2.75) is 19.6 Å². The summed E-state index contributed by atoms with van der Waals surface area (Å²) in [6.45, 7) is 2.04. The fraction of sp³-hybridized carbons (Fsp3) is 0.600. The van der Waals surface area contributed by atoms with E-state index >= 15 is 0 Å². The summed E-state index contributed by atoms with van der Waals surface area (Å²) in [7, 11) is 3.25. The third-order valence-corrected chi connectivity index (χ3v) is 2.19. The molecule has 0 saturated carbocycles. The van der Waals surface area contributed by atoms with Gasteiger partial charge in [-0.2, -0.15) is 0 Å². The highest BCUT2D eigenvalue weighted by Gasteiger charge is 2.16. The second kappa shape index (κ2) is 5.63. The van der Waals surface area contributed by atoms with Crippen LogP contribution in [0, 0.1) is 5.92 Å². The summed E-state index contributed by atoms with van der Waals surface area (Å²) in [5, 5.41) is 0. The highest BCUT2D eigenvalue weighted by atomic mass is 16.7. The first-order valence-electron chi connectivity index (χ1n) is 4.80. The number of rotatable bonds is 5. The Bertz CT molecular complexity index is 302. The van der Waals surface area contributed by atoms with Crippen molar-refractivity contribution in [3.05, 3.63) is 18.0 Å². The molecule has 0 aromatic carbocycles. The van der Waals surface area contributed by atoms with Gasteiger partial charge >= 0.3 is 0 Å². The van der Waals surface area contributed by atoms with Crippen molar-refractivity contribution >= 4 is 5.95 Å². The van der Waals surface area contributed by atoms with Crippen molar-refractivity contribution in [2.75, 3.05) is 20.0 Å². The van der Waals surface area contributed by atoms with Crippen LogP contribution in [0.5, 0.6) is 0 Å². The van der Waals surface area contributed by atoms with E-state index in [1.54, 1.807) is 20.4 Å². The predicted molar refractivity (Wildman–Crippen MR) is 57.1 cm³/mol. The molecule has 1 rings (SSSR count). The van der Waals surface area contributed by atoms with E-state index in [9.17, 15) is 0 Å². The number of aromatic nitrogens is 2. The van der Waals surface area contributed by atoms with E-state index < -0.39 is 0 Å². The van der Waals surface area contributed by atoms with E-state index in [0.29, 0.717) is 5.95 Å². The van der Waals surface area contributed by atoms with Crippen LogP contribution in [0.15, 0.2) is 12.3 Å². The van der Waals surface area contributed by atoms with Crippen molar-refractivity contribution < 1.29 is 9.47 Å². The van der Waals surface area contributed by atoms with Gasteiger partial charge in [-0.15, -0.1) is 0 Å². The number of hydrogen-bond donors (Lipinski definition) is 1. The zero-order valence-corrected chi connectivity index (χ0v) is 9.30. The zero-order valence-electron chi connectivity index (χ0n) is 9.30. The molecule has 84 valence electrons. The SMILES string of the molecule is COC(OC)C(C)Cc1ccnc(N)n1. The summed E-state index contributed by atoms with van der Waals surface area (Å²) in [6, 6.07) is 1.84. The summed E-state index contributed by atoms with van der Waals surface area (Å²) in [6.07, 6.45) is 2.18. The lowest BCUT2D eigenvalue weighted by Gasteiger charge is -2.20. The van der Waals surface area contributed by atoms with Gasteiger partial charge in [0.2, 0.25) is 5.95 Å². The minimum atomic E-state index is -0.221. The van der Waals surface area contributed by atoms with Crippen molar-refractivity contribution in [2.24, 2.45) is 5.92 Å². The summed E-state index contributed by atoms with van der Waals surface area (Å²) in [4.78, 5) is 7.96. The molecule has 5 nitrogen and oxygen atoms in total. The summed E-state index contributed by atoms with van der Waals surface area (Å²) in [5.74, 6) is 0.514. The molecule has 1 aromatic rings. The Morgan fingerprint density at radius 2 is 2.07 bits per heavy atom. The molecule has 0 saturated heterocycles. The third kappa shape index (κ3) is 3.45. The summed E-state index contributed by atoms with van der Waals surface area (Å²) < 4.78 is 10.3. The molecule has 0 radical (unpaired) electrons. The molecule has 0 aliphatic heterocycles. The maximum atomic E-state index is 5.49. The second-order valence-corrected chi connectivity index (χ2v) is 3.43. The van der Waals surface area contributed by atoms with E-state index in [0.717, 1.165) is 12.1 Å². The van der Waals surface area contributed by atoms with E-state index in [-0.39, 0.29) is 12.2 Å². The molecule has 1 aromatic heterocycles. The Labute approximate surface area is 89.6 Å². The Hall–Kier alpha value is -1.20. The van der Waals surface area contributed by atoms with E-state index in [2.05, 4.69) is 9.97 Å². The number of methoxy groups -OCH3 is 2. The Morgan fingerprint density at radius 3 is 2.60 bits per heavy atom. The number of anilines is 1. The first-order chi connectivity index (χ1) is 7.17. The molecule has 1 unspecified atom stereocenters. The Kier molecular flexibility index (Phi) is 4.45. The molecular formula is C10H17N3O2. The molecule has 0 aliphatic rings. The summed E-state index contributed by atoms with van der Waals surface area (Å²) >= 11 is 0. The molecule has 1 heterocycles. The van der Waals surface area contributed by atoms with Gasteiger partial charge in [-0.1, -0.05) is 6.92 Å². The highest BCUT2D eigenvalue weighted by molar-refractivity contribution is 5.17. The van der Waals surface area contributed by atoms with Crippen LogP contribution in [0.2, 0.25) is 0 Å². The van der Waals surface area contributed by atoms with Crippen LogP contribution in [0.3, 0.4) is 0 Å². The topological polar surface area (TPSA) is 70.3 Å². The maximum absolute atomic E-state index is 5.49. The summed E-state index contributed by atoms with van der Waals surface area (Å²) in [5.41, 5.74) is 6.39. The molecule has 0 fully saturated rings. The normalized spacial score (nSPS) is 13.1. The third-order valence-electron chi connectivity index (χ3n) is 2.19. The van der Waals surface area contributed by atoms with E-state index in [1.165, 1.54) is 0 Å². The van der Waals surface area contributed by atoms with Crippen LogP contribution in [-0.4, -0.2) is 30.5 Å². The molecule has 5 heteroatoms. The second-order valence-electron chi connectivity index (χ2n) is 3.43. The average molecular weight is 211 g/mol. The van der Waals surface area contributed by atoms with E-state index in [4.69, 9.17) is 15.2 Å². The van der Waals surface area contributed by atoms with Crippen LogP contribution >= 0.6 is 0 Å². The van der Waals surface area contributed by atoms with Gasteiger partial charge < -0.3 is 15.2 Å². The van der Waals surface area contributed by atoms with Crippen LogP contribution < -0.4 is 5.73 Å². The Balaban J connectivity index is 2.61. The van der Waals surface area contributed by atoms with Crippen LogP contribution in [0.25, 0.3) is 0 Å². The number of nitrogen functional groups attached to an aromatic ring is 1. The lowest BCUT2D eigenvalue weighted by molar-refractivity contribution is -0.132. The first kappa shape index (κ1) is 11.9. The number of nitrogens with zero attached hydrogens (tertiary/aromatic N) is 2. The van der Waals surface area contributed by atoms with Crippen molar-refractivity contribution in [3.63, 3.8) is 0 Å². The highest BCUT2D eigenvalue weighted by Crippen LogP contribution is 2.13. The first-order valence-corrected chi connectivity index (χ1v) is 4.80. The molecule has 15 heavy (non-hydrogen) atoms. The van der Waals surface area contributed by atoms with Crippen LogP contribution in [0.4, 0.5) is 5.95 Å². The number of hydrogen-bond acceptors (Lipinski definition) is 5. The van der Waals surface area contributed by atoms with Crippen molar-refractivity contribution in [1.82, 2.24) is 9.97 Å². The van der Waals surface area contributed by atoms with Gasteiger partial charge in [-0.3, -0.25) is 0 Å². The molecule has 0 aliphatic carbocycles. The zero-order chi connectivity index (χ0) is 11.3. The molecule has 0 amide bonds. The predicted octanol–water partition coefficient (Wildman–Crippen LogP) is 0.856. The minimum absolute atomic E-state index is 0.217. The standard InChI is InChI=1S/C10H17N3O2/c1-7(9(14-2)15-3)6-8-4-5-12-10(11)13-8/h4-5,7,9H,6H2,1-3H3,(H2,11,12,13). The number of ether oxygens (including phenoxy) is 2. The lowest BCUT2D eigenvalue weighted by atomic mass is 10.1. The smallest absolute Gasteiger partial charge is 0.220 e. The fourth-order valence-corrected chi connectivity index (χ4v) is 1.51. The van der Waals surface area contributed by atoms with Gasteiger partial charge in [0.1, 0.15) is 0 Å². The lowest BCUT2D eigenvalue weighted by Crippen LogP contribution is -2.24. The van der Waals surface area contributed by atoms with Crippen LogP contribution in [-0.2, 0) is 15.9 Å². The van der Waals surface area contributed by atoms with Crippen molar-refractivity contribution in [3.8, 4) is 0 Å². The fourth-order valence-electron chi connectivity index (χ4n) is 1.51. The largest absolute Gasteiger partial charge is 0.368 e. The monoisotopic (exact) mass is 211 g/mol. The van der Waals surface area contributed by atoms with Gasteiger partial charge in [0, 0.05) is 32.0 Å². The maximum Gasteiger partial charge on any atom is 0.220 e. The van der Waals surface area contributed by atoms with E-state index in [1.807, 2.05) is 13.0 Å². The van der Waals surface area contributed by atoms with Crippen LogP contribution in [0.1, 0.15) is 12.6 Å². The molecule has 0 bridgehead atoms. The van der Waals surface area contributed by atoms with Gasteiger partial charge in [0.15, 0.2) is 6.29 Å². The van der Waals surface area contributed by atoms with Crippen molar-refractivity contribution in [1.29, 1.82) is 0 Å². The molecule has 0 spiro atoms. The minimum Gasteiger partial charge on any atom is -0.368 e. The van der Waals surface area contributed by atoms with Gasteiger partial charge in [-0.05, 0) is 12.5 Å².